The first kappa shape index (κ1) is 16.0. The number of piperidine rings is 1. The van der Waals surface area contributed by atoms with Gasteiger partial charge in [0, 0.05) is 31.9 Å². The van der Waals surface area contributed by atoms with Gasteiger partial charge in [0.2, 0.25) is 0 Å². The number of rotatable bonds is 4. The summed E-state index contributed by atoms with van der Waals surface area (Å²) in [7, 11) is 0. The zero-order chi connectivity index (χ0) is 16.3. The zero-order valence-electron chi connectivity index (χ0n) is 13.6. The summed E-state index contributed by atoms with van der Waals surface area (Å²) >= 11 is 0. The van der Waals surface area contributed by atoms with Gasteiger partial charge in [-0.05, 0) is 37.0 Å². The van der Waals surface area contributed by atoms with Crippen LogP contribution in [-0.2, 0) is 13.1 Å². The fraction of sp³-hybridized carbons (Fsp3) is 0.421. The highest BCUT2D eigenvalue weighted by atomic mass is 16.3. The molecule has 3 rings (SSSR count). The van der Waals surface area contributed by atoms with Gasteiger partial charge < -0.3 is 9.67 Å². The lowest BCUT2D eigenvalue weighted by molar-refractivity contribution is -0.0364. The van der Waals surface area contributed by atoms with Crippen molar-refractivity contribution in [3.8, 4) is 0 Å². The number of aliphatic hydroxyl groups is 1. The average Bonchev–Trinajstić information content (AvgIpc) is 2.54. The standard InChI is InChI=1S/C19H24N2O2/c1-16-7-10-21(18(22)13-16)15-19(23)8-11-20(12-9-19)14-17-5-3-2-4-6-17/h2-7,10,13,23H,8-9,11-12,14-15H2,1H3. The maximum Gasteiger partial charge on any atom is 0.250 e. The molecule has 0 bridgehead atoms. The number of benzene rings is 1. The smallest absolute Gasteiger partial charge is 0.250 e. The number of aromatic nitrogens is 1. The molecule has 1 saturated heterocycles. The first-order chi connectivity index (χ1) is 11.0. The SMILES string of the molecule is Cc1ccn(CC2(O)CCN(Cc3ccccc3)CC2)c(=O)c1. The molecule has 1 aromatic heterocycles. The third-order valence-electron chi connectivity index (χ3n) is 4.65. The van der Waals surface area contributed by atoms with E-state index in [1.54, 1.807) is 16.8 Å². The Morgan fingerprint density at radius 2 is 1.83 bits per heavy atom. The van der Waals surface area contributed by atoms with Crippen molar-refractivity contribution in [1.29, 1.82) is 0 Å². The molecule has 1 aliphatic rings. The summed E-state index contributed by atoms with van der Waals surface area (Å²) < 4.78 is 1.62. The number of hydrogen-bond donors (Lipinski definition) is 1. The minimum atomic E-state index is -0.785. The van der Waals surface area contributed by atoms with Gasteiger partial charge in [-0.2, -0.15) is 0 Å². The van der Waals surface area contributed by atoms with Gasteiger partial charge in [0.05, 0.1) is 12.1 Å². The van der Waals surface area contributed by atoms with Gasteiger partial charge >= 0.3 is 0 Å². The summed E-state index contributed by atoms with van der Waals surface area (Å²) in [6.07, 6.45) is 3.17. The molecule has 0 aliphatic carbocycles. The monoisotopic (exact) mass is 312 g/mol. The van der Waals surface area contributed by atoms with E-state index in [0.29, 0.717) is 19.4 Å². The third-order valence-corrected chi connectivity index (χ3v) is 4.65. The molecule has 0 saturated carbocycles. The minimum Gasteiger partial charge on any atom is -0.388 e. The van der Waals surface area contributed by atoms with Crippen LogP contribution in [0, 0.1) is 6.92 Å². The van der Waals surface area contributed by atoms with E-state index < -0.39 is 5.60 Å². The van der Waals surface area contributed by atoms with Crippen LogP contribution >= 0.6 is 0 Å². The average molecular weight is 312 g/mol. The van der Waals surface area contributed by atoms with Crippen molar-refractivity contribution in [2.75, 3.05) is 13.1 Å². The molecule has 0 amide bonds. The van der Waals surface area contributed by atoms with Gasteiger partial charge in [0.25, 0.3) is 5.56 Å². The van der Waals surface area contributed by atoms with Gasteiger partial charge in [0.15, 0.2) is 0 Å². The molecule has 4 nitrogen and oxygen atoms in total. The Morgan fingerprint density at radius 1 is 1.13 bits per heavy atom. The van der Waals surface area contributed by atoms with Crippen molar-refractivity contribution < 1.29 is 5.11 Å². The predicted molar refractivity (Wildman–Crippen MR) is 91.3 cm³/mol. The topological polar surface area (TPSA) is 45.5 Å². The second kappa shape index (κ2) is 6.69. The van der Waals surface area contributed by atoms with E-state index in [4.69, 9.17) is 0 Å². The molecule has 0 unspecified atom stereocenters. The van der Waals surface area contributed by atoms with Gasteiger partial charge in [0.1, 0.15) is 0 Å². The predicted octanol–water partition coefficient (Wildman–Crippen LogP) is 2.18. The minimum absolute atomic E-state index is 0.0369. The first-order valence-electron chi connectivity index (χ1n) is 8.20. The van der Waals surface area contributed by atoms with E-state index in [2.05, 4.69) is 29.2 Å². The Kier molecular flexibility index (Phi) is 4.64. The van der Waals surface area contributed by atoms with Crippen LogP contribution in [0.2, 0.25) is 0 Å². The molecule has 4 heteroatoms. The quantitative estimate of drug-likeness (QED) is 0.941. The van der Waals surface area contributed by atoms with Crippen molar-refractivity contribution in [1.82, 2.24) is 9.47 Å². The van der Waals surface area contributed by atoms with Crippen molar-refractivity contribution in [2.24, 2.45) is 0 Å². The van der Waals surface area contributed by atoms with Crippen LogP contribution in [0.15, 0.2) is 53.5 Å². The van der Waals surface area contributed by atoms with E-state index in [9.17, 15) is 9.90 Å². The number of likely N-dealkylation sites (tertiary alicyclic amines) is 1. The number of hydrogen-bond acceptors (Lipinski definition) is 3. The summed E-state index contributed by atoms with van der Waals surface area (Å²) in [5, 5.41) is 10.8. The Bertz CT molecular complexity index is 701. The first-order valence-corrected chi connectivity index (χ1v) is 8.20. The van der Waals surface area contributed by atoms with Crippen molar-refractivity contribution in [3.63, 3.8) is 0 Å². The molecule has 1 fully saturated rings. The van der Waals surface area contributed by atoms with Crippen molar-refractivity contribution in [2.45, 2.75) is 38.5 Å². The van der Waals surface area contributed by atoms with Gasteiger partial charge in [-0.3, -0.25) is 9.69 Å². The molecular weight excluding hydrogens is 288 g/mol. The molecule has 2 aromatic rings. The maximum absolute atomic E-state index is 12.0. The Balaban J connectivity index is 1.60. The van der Waals surface area contributed by atoms with Gasteiger partial charge in [-0.1, -0.05) is 30.3 Å². The van der Waals surface area contributed by atoms with Crippen molar-refractivity contribution in [3.05, 3.63) is 70.1 Å². The summed E-state index contributed by atoms with van der Waals surface area (Å²) in [5.41, 5.74) is 1.43. The Labute approximate surface area is 137 Å². The van der Waals surface area contributed by atoms with E-state index in [0.717, 1.165) is 25.2 Å². The maximum atomic E-state index is 12.0. The van der Waals surface area contributed by atoms with Crippen LogP contribution in [-0.4, -0.2) is 33.3 Å². The van der Waals surface area contributed by atoms with Crippen LogP contribution in [0.25, 0.3) is 0 Å². The lowest BCUT2D eigenvalue weighted by atomic mass is 9.91. The molecule has 0 radical (unpaired) electrons. The third kappa shape index (κ3) is 4.09. The lowest BCUT2D eigenvalue weighted by Crippen LogP contribution is -2.47. The van der Waals surface area contributed by atoms with Crippen LogP contribution < -0.4 is 5.56 Å². The molecule has 1 aromatic carbocycles. The molecule has 0 atom stereocenters. The van der Waals surface area contributed by atoms with E-state index >= 15 is 0 Å². The summed E-state index contributed by atoms with van der Waals surface area (Å²) in [6, 6.07) is 13.9. The highest BCUT2D eigenvalue weighted by Crippen LogP contribution is 2.24. The molecule has 1 N–H and O–H groups in total. The zero-order valence-corrected chi connectivity index (χ0v) is 13.6. The van der Waals surface area contributed by atoms with Gasteiger partial charge in [-0.25, -0.2) is 0 Å². The number of nitrogens with zero attached hydrogens (tertiary/aromatic N) is 2. The number of pyridine rings is 1. The Morgan fingerprint density at radius 3 is 2.48 bits per heavy atom. The lowest BCUT2D eigenvalue weighted by Gasteiger charge is -2.38. The van der Waals surface area contributed by atoms with Gasteiger partial charge in [-0.15, -0.1) is 0 Å². The largest absolute Gasteiger partial charge is 0.388 e. The van der Waals surface area contributed by atoms with Crippen molar-refractivity contribution >= 4 is 0 Å². The van der Waals surface area contributed by atoms with E-state index in [1.165, 1.54) is 5.56 Å². The summed E-state index contributed by atoms with van der Waals surface area (Å²) in [5.74, 6) is 0. The molecule has 0 spiro atoms. The highest BCUT2D eigenvalue weighted by Gasteiger charge is 2.32. The highest BCUT2D eigenvalue weighted by molar-refractivity contribution is 5.14. The second-order valence-electron chi connectivity index (χ2n) is 6.66. The fourth-order valence-electron chi connectivity index (χ4n) is 3.18. The molecule has 1 aliphatic heterocycles. The van der Waals surface area contributed by atoms with E-state index in [1.807, 2.05) is 19.1 Å². The fourth-order valence-corrected chi connectivity index (χ4v) is 3.18. The van der Waals surface area contributed by atoms with E-state index in [-0.39, 0.29) is 5.56 Å². The van der Waals surface area contributed by atoms with Crippen LogP contribution in [0.4, 0.5) is 0 Å². The molecular formula is C19H24N2O2. The summed E-state index contributed by atoms with van der Waals surface area (Å²) in [6.45, 7) is 4.91. The summed E-state index contributed by atoms with van der Waals surface area (Å²) in [4.78, 5) is 14.4. The normalized spacial score (nSPS) is 18.0. The number of aryl methyl sites for hydroxylation is 1. The molecule has 122 valence electrons. The van der Waals surface area contributed by atoms with Crippen LogP contribution in [0.1, 0.15) is 24.0 Å². The Hall–Kier alpha value is -1.91. The second-order valence-corrected chi connectivity index (χ2v) is 6.66. The van der Waals surface area contributed by atoms with Crippen LogP contribution in [0.5, 0.6) is 0 Å². The van der Waals surface area contributed by atoms with Crippen LogP contribution in [0.3, 0.4) is 0 Å². The molecule has 2 heterocycles. The molecule has 23 heavy (non-hydrogen) atoms.